The Balaban J connectivity index is 1.57. The molecule has 0 radical (unpaired) electrons. The van der Waals surface area contributed by atoms with Gasteiger partial charge < -0.3 is 15.5 Å². The van der Waals surface area contributed by atoms with Gasteiger partial charge in [0.1, 0.15) is 0 Å². The molecule has 1 fully saturated rings. The molecule has 0 bridgehead atoms. The fourth-order valence-corrected chi connectivity index (χ4v) is 3.30. The van der Waals surface area contributed by atoms with Gasteiger partial charge >= 0.3 is 6.03 Å². The number of rotatable bonds is 4. The van der Waals surface area contributed by atoms with Crippen molar-refractivity contribution in [2.45, 2.75) is 32.2 Å². The standard InChI is InChI=1S/C19H25N3O/c1-2-12-22-13-10-16(11-14-22)20-19(23)21-18-9-5-7-15-6-3-4-8-17(15)18/h3-9,16H,2,10-14H2,1H3,(H2,20,21,23). The fourth-order valence-electron chi connectivity index (χ4n) is 3.30. The van der Waals surface area contributed by atoms with Crippen LogP contribution in [0.25, 0.3) is 10.8 Å². The molecule has 1 saturated heterocycles. The summed E-state index contributed by atoms with van der Waals surface area (Å²) in [5.41, 5.74) is 0.865. The van der Waals surface area contributed by atoms with Crippen molar-refractivity contribution >= 4 is 22.5 Å². The lowest BCUT2D eigenvalue weighted by molar-refractivity contribution is 0.196. The molecule has 23 heavy (non-hydrogen) atoms. The van der Waals surface area contributed by atoms with E-state index in [4.69, 9.17) is 0 Å². The van der Waals surface area contributed by atoms with Crippen LogP contribution in [0.5, 0.6) is 0 Å². The molecule has 2 aromatic carbocycles. The molecule has 122 valence electrons. The van der Waals surface area contributed by atoms with Crippen molar-refractivity contribution in [1.29, 1.82) is 0 Å². The van der Waals surface area contributed by atoms with Crippen molar-refractivity contribution in [3.05, 3.63) is 42.5 Å². The molecule has 2 amide bonds. The van der Waals surface area contributed by atoms with Gasteiger partial charge in [-0.1, -0.05) is 43.3 Å². The van der Waals surface area contributed by atoms with Crippen LogP contribution in [0.2, 0.25) is 0 Å². The number of nitrogens with one attached hydrogen (secondary N) is 2. The summed E-state index contributed by atoms with van der Waals surface area (Å²) < 4.78 is 0. The third-order valence-corrected chi connectivity index (χ3v) is 4.50. The number of anilines is 1. The third-order valence-electron chi connectivity index (χ3n) is 4.50. The molecule has 1 aliphatic rings. The Morgan fingerprint density at radius 1 is 1.13 bits per heavy atom. The Bertz CT molecular complexity index is 657. The zero-order valence-corrected chi connectivity index (χ0v) is 13.7. The van der Waals surface area contributed by atoms with Crippen LogP contribution < -0.4 is 10.6 Å². The second-order valence-electron chi connectivity index (χ2n) is 6.24. The molecule has 0 spiro atoms. The molecular weight excluding hydrogens is 286 g/mol. The average Bonchev–Trinajstić information content (AvgIpc) is 2.57. The van der Waals surface area contributed by atoms with Crippen LogP contribution in [0.3, 0.4) is 0 Å². The molecule has 1 aliphatic heterocycles. The lowest BCUT2D eigenvalue weighted by Gasteiger charge is -2.32. The summed E-state index contributed by atoms with van der Waals surface area (Å²) in [6, 6.07) is 14.3. The van der Waals surface area contributed by atoms with Gasteiger partial charge in [0.2, 0.25) is 0 Å². The van der Waals surface area contributed by atoms with Crippen molar-refractivity contribution in [2.24, 2.45) is 0 Å². The maximum absolute atomic E-state index is 12.3. The second kappa shape index (κ2) is 7.47. The van der Waals surface area contributed by atoms with E-state index in [1.54, 1.807) is 0 Å². The van der Waals surface area contributed by atoms with Gasteiger partial charge in [0, 0.05) is 24.5 Å². The largest absolute Gasteiger partial charge is 0.335 e. The average molecular weight is 311 g/mol. The Morgan fingerprint density at radius 2 is 1.87 bits per heavy atom. The minimum absolute atomic E-state index is 0.102. The van der Waals surface area contributed by atoms with Gasteiger partial charge in [0.15, 0.2) is 0 Å². The second-order valence-corrected chi connectivity index (χ2v) is 6.24. The molecule has 0 aromatic heterocycles. The monoisotopic (exact) mass is 311 g/mol. The van der Waals surface area contributed by atoms with E-state index in [0.29, 0.717) is 0 Å². The van der Waals surface area contributed by atoms with Gasteiger partial charge in [0.25, 0.3) is 0 Å². The molecular formula is C19H25N3O. The number of hydrogen-bond donors (Lipinski definition) is 2. The molecule has 2 aromatic rings. The van der Waals surface area contributed by atoms with Crippen molar-refractivity contribution in [3.63, 3.8) is 0 Å². The smallest absolute Gasteiger partial charge is 0.319 e. The highest BCUT2D eigenvalue weighted by Gasteiger charge is 2.20. The van der Waals surface area contributed by atoms with E-state index >= 15 is 0 Å². The first-order valence-electron chi connectivity index (χ1n) is 8.54. The summed E-state index contributed by atoms with van der Waals surface area (Å²) in [6.07, 6.45) is 3.26. The topological polar surface area (TPSA) is 44.4 Å². The van der Waals surface area contributed by atoms with Crippen LogP contribution in [0.4, 0.5) is 10.5 Å². The van der Waals surface area contributed by atoms with Gasteiger partial charge in [-0.25, -0.2) is 4.79 Å². The third kappa shape index (κ3) is 4.02. The molecule has 0 atom stereocenters. The highest BCUT2D eigenvalue weighted by Crippen LogP contribution is 2.23. The molecule has 0 saturated carbocycles. The maximum Gasteiger partial charge on any atom is 0.319 e. The predicted molar refractivity (Wildman–Crippen MR) is 95.9 cm³/mol. The number of benzene rings is 2. The summed E-state index contributed by atoms with van der Waals surface area (Å²) in [7, 11) is 0. The number of likely N-dealkylation sites (tertiary alicyclic amines) is 1. The van der Waals surface area contributed by atoms with E-state index in [0.717, 1.165) is 48.9 Å². The Hall–Kier alpha value is -2.07. The lowest BCUT2D eigenvalue weighted by Crippen LogP contribution is -2.46. The van der Waals surface area contributed by atoms with Crippen molar-refractivity contribution in [1.82, 2.24) is 10.2 Å². The number of amides is 2. The summed E-state index contributed by atoms with van der Waals surface area (Å²) in [6.45, 7) is 5.52. The first kappa shape index (κ1) is 15.8. The highest BCUT2D eigenvalue weighted by atomic mass is 16.2. The first-order chi connectivity index (χ1) is 11.3. The Kier molecular flexibility index (Phi) is 5.13. The summed E-state index contributed by atoms with van der Waals surface area (Å²) in [5.74, 6) is 0. The SMILES string of the molecule is CCCN1CCC(NC(=O)Nc2cccc3ccccc23)CC1. The van der Waals surface area contributed by atoms with Crippen LogP contribution in [-0.2, 0) is 0 Å². The molecule has 3 rings (SSSR count). The van der Waals surface area contributed by atoms with E-state index in [2.05, 4.69) is 34.6 Å². The summed E-state index contributed by atoms with van der Waals surface area (Å²) in [4.78, 5) is 14.8. The quantitative estimate of drug-likeness (QED) is 0.901. The number of nitrogens with zero attached hydrogens (tertiary/aromatic N) is 1. The van der Waals surface area contributed by atoms with Crippen LogP contribution >= 0.6 is 0 Å². The zero-order chi connectivity index (χ0) is 16.1. The number of piperidine rings is 1. The van der Waals surface area contributed by atoms with E-state index in [-0.39, 0.29) is 12.1 Å². The normalized spacial score (nSPS) is 16.4. The van der Waals surface area contributed by atoms with Crippen molar-refractivity contribution in [3.8, 4) is 0 Å². The minimum atomic E-state index is -0.102. The predicted octanol–water partition coefficient (Wildman–Crippen LogP) is 3.84. The number of urea groups is 1. The molecule has 0 aliphatic carbocycles. The van der Waals surface area contributed by atoms with Gasteiger partial charge in [0.05, 0.1) is 5.69 Å². The van der Waals surface area contributed by atoms with Crippen LogP contribution in [-0.4, -0.2) is 36.6 Å². The van der Waals surface area contributed by atoms with E-state index in [1.165, 1.54) is 6.42 Å². The van der Waals surface area contributed by atoms with Gasteiger partial charge in [-0.2, -0.15) is 0 Å². The van der Waals surface area contributed by atoms with Crippen molar-refractivity contribution in [2.75, 3.05) is 25.0 Å². The summed E-state index contributed by atoms with van der Waals surface area (Å²) >= 11 is 0. The zero-order valence-electron chi connectivity index (χ0n) is 13.7. The number of carbonyl (C=O) groups excluding carboxylic acids is 1. The van der Waals surface area contributed by atoms with E-state index < -0.39 is 0 Å². The maximum atomic E-state index is 12.3. The van der Waals surface area contributed by atoms with Gasteiger partial charge in [-0.15, -0.1) is 0 Å². The first-order valence-corrected chi connectivity index (χ1v) is 8.54. The Labute approximate surface area is 137 Å². The lowest BCUT2D eigenvalue weighted by atomic mass is 10.1. The number of carbonyl (C=O) groups is 1. The van der Waals surface area contributed by atoms with Crippen LogP contribution in [0.15, 0.2) is 42.5 Å². The molecule has 4 heteroatoms. The molecule has 2 N–H and O–H groups in total. The van der Waals surface area contributed by atoms with Gasteiger partial charge in [-0.3, -0.25) is 0 Å². The molecule has 0 unspecified atom stereocenters. The molecule has 1 heterocycles. The van der Waals surface area contributed by atoms with Crippen molar-refractivity contribution < 1.29 is 4.79 Å². The number of hydrogen-bond acceptors (Lipinski definition) is 2. The van der Waals surface area contributed by atoms with Gasteiger partial charge in [-0.05, 0) is 37.3 Å². The van der Waals surface area contributed by atoms with Crippen LogP contribution in [0.1, 0.15) is 26.2 Å². The minimum Gasteiger partial charge on any atom is -0.335 e. The fraction of sp³-hybridized carbons (Fsp3) is 0.421. The molecule has 4 nitrogen and oxygen atoms in total. The highest BCUT2D eigenvalue weighted by molar-refractivity contribution is 6.01. The van der Waals surface area contributed by atoms with Crippen LogP contribution in [0, 0.1) is 0 Å². The van der Waals surface area contributed by atoms with E-state index in [9.17, 15) is 4.79 Å². The van der Waals surface area contributed by atoms with E-state index in [1.807, 2.05) is 30.3 Å². The summed E-state index contributed by atoms with van der Waals surface area (Å²) in [5, 5.41) is 8.33. The number of fused-ring (bicyclic) bond motifs is 1. The Morgan fingerprint density at radius 3 is 2.65 bits per heavy atom.